The van der Waals surface area contributed by atoms with Crippen LogP contribution in [-0.2, 0) is 6.54 Å². The highest BCUT2D eigenvalue weighted by Crippen LogP contribution is 2.28. The first-order valence-corrected chi connectivity index (χ1v) is 7.60. The Hall–Kier alpha value is -3.02. The number of benzene rings is 1. The lowest BCUT2D eigenvalue weighted by Crippen LogP contribution is -1.99. The zero-order chi connectivity index (χ0) is 16.7. The van der Waals surface area contributed by atoms with Gasteiger partial charge in [0.15, 0.2) is 5.65 Å². The van der Waals surface area contributed by atoms with Gasteiger partial charge >= 0.3 is 0 Å². The molecule has 0 aliphatic heterocycles. The first kappa shape index (κ1) is 14.6. The summed E-state index contributed by atoms with van der Waals surface area (Å²) in [7, 11) is 0. The normalized spacial score (nSPS) is 11.3. The Bertz CT molecular complexity index is 998. The molecule has 3 aromatic heterocycles. The summed E-state index contributed by atoms with van der Waals surface area (Å²) in [6.45, 7) is 4.38. The summed E-state index contributed by atoms with van der Waals surface area (Å²) in [5, 5.41) is 3.98. The summed E-state index contributed by atoms with van der Waals surface area (Å²) >= 11 is 0. The first-order chi connectivity index (χ1) is 11.6. The molecule has 0 aliphatic carbocycles. The molecule has 0 bridgehead atoms. The predicted molar refractivity (Wildman–Crippen MR) is 88.0 cm³/mol. The largest absolute Gasteiger partial charge is 0.361 e. The van der Waals surface area contributed by atoms with E-state index in [1.54, 1.807) is 24.7 Å². The van der Waals surface area contributed by atoms with E-state index in [4.69, 9.17) is 4.52 Å². The van der Waals surface area contributed by atoms with E-state index in [-0.39, 0.29) is 5.82 Å². The summed E-state index contributed by atoms with van der Waals surface area (Å²) in [5.41, 5.74) is 5.31. The van der Waals surface area contributed by atoms with E-state index in [0.29, 0.717) is 6.54 Å². The van der Waals surface area contributed by atoms with Crippen LogP contribution in [0.1, 0.15) is 17.0 Å². The zero-order valence-corrected chi connectivity index (χ0v) is 13.3. The second kappa shape index (κ2) is 5.56. The molecule has 0 saturated carbocycles. The van der Waals surface area contributed by atoms with E-state index in [9.17, 15) is 4.39 Å². The average molecular weight is 322 g/mol. The molecular weight excluding hydrogens is 307 g/mol. The summed E-state index contributed by atoms with van der Waals surface area (Å²) < 4.78 is 20.2. The Kier molecular flexibility index (Phi) is 3.37. The highest BCUT2D eigenvalue weighted by atomic mass is 19.1. The predicted octanol–water partition coefficient (Wildman–Crippen LogP) is 3.89. The molecule has 0 atom stereocenters. The van der Waals surface area contributed by atoms with Gasteiger partial charge in [-0.3, -0.25) is 0 Å². The van der Waals surface area contributed by atoms with Crippen molar-refractivity contribution in [2.75, 3.05) is 0 Å². The van der Waals surface area contributed by atoms with Crippen LogP contribution >= 0.6 is 0 Å². The lowest BCUT2D eigenvalue weighted by atomic mass is 10.1. The second-order valence-electron chi connectivity index (χ2n) is 5.76. The van der Waals surface area contributed by atoms with Crippen molar-refractivity contribution < 1.29 is 8.91 Å². The third kappa shape index (κ3) is 2.46. The van der Waals surface area contributed by atoms with Crippen molar-refractivity contribution in [1.29, 1.82) is 0 Å². The molecule has 1 aromatic carbocycles. The van der Waals surface area contributed by atoms with Crippen LogP contribution in [0, 0.1) is 19.7 Å². The van der Waals surface area contributed by atoms with Gasteiger partial charge in [0.2, 0.25) is 0 Å². The minimum atomic E-state index is -0.239. The fourth-order valence-electron chi connectivity index (χ4n) is 2.88. The number of aryl methyl sites for hydroxylation is 2. The molecule has 0 fully saturated rings. The van der Waals surface area contributed by atoms with Gasteiger partial charge in [-0.1, -0.05) is 17.3 Å². The van der Waals surface area contributed by atoms with Crippen LogP contribution in [0.4, 0.5) is 4.39 Å². The van der Waals surface area contributed by atoms with Gasteiger partial charge < -0.3 is 9.09 Å². The maximum Gasteiger partial charge on any atom is 0.160 e. The number of rotatable bonds is 3. The van der Waals surface area contributed by atoms with Crippen molar-refractivity contribution in [3.8, 4) is 11.1 Å². The Morgan fingerprint density at radius 2 is 1.92 bits per heavy atom. The van der Waals surface area contributed by atoms with E-state index in [2.05, 4.69) is 15.1 Å². The third-order valence-corrected chi connectivity index (χ3v) is 4.04. The minimum Gasteiger partial charge on any atom is -0.361 e. The number of imidazole rings is 1. The van der Waals surface area contributed by atoms with Crippen LogP contribution < -0.4 is 0 Å². The van der Waals surface area contributed by atoms with Crippen LogP contribution in [0.3, 0.4) is 0 Å². The summed E-state index contributed by atoms with van der Waals surface area (Å²) in [6, 6.07) is 8.42. The van der Waals surface area contributed by atoms with Crippen molar-refractivity contribution in [3.05, 3.63) is 65.7 Å². The maximum absolute atomic E-state index is 13.0. The number of aromatic nitrogens is 4. The molecule has 4 aromatic rings. The highest BCUT2D eigenvalue weighted by molar-refractivity contribution is 5.79. The SMILES string of the molecule is Cc1noc(C)c1-c1cnc2c(c1)ncn2Cc1ccc(F)cc1. The van der Waals surface area contributed by atoms with E-state index < -0.39 is 0 Å². The number of hydrogen-bond acceptors (Lipinski definition) is 4. The van der Waals surface area contributed by atoms with Gasteiger partial charge in [-0.15, -0.1) is 0 Å². The van der Waals surface area contributed by atoms with Crippen molar-refractivity contribution in [2.24, 2.45) is 0 Å². The van der Waals surface area contributed by atoms with Gasteiger partial charge in [-0.2, -0.15) is 0 Å². The third-order valence-electron chi connectivity index (χ3n) is 4.04. The van der Waals surface area contributed by atoms with Crippen LogP contribution in [0.5, 0.6) is 0 Å². The molecule has 0 N–H and O–H groups in total. The number of pyridine rings is 1. The molecule has 3 heterocycles. The number of halogens is 1. The smallest absolute Gasteiger partial charge is 0.160 e. The van der Waals surface area contributed by atoms with Crippen LogP contribution in [0.15, 0.2) is 47.4 Å². The van der Waals surface area contributed by atoms with Gasteiger partial charge in [-0.25, -0.2) is 14.4 Å². The molecule has 6 heteroatoms. The standard InChI is InChI=1S/C18H15FN4O/c1-11-17(12(2)24-22-11)14-7-16-18(20-8-14)23(10-21-16)9-13-3-5-15(19)6-4-13/h3-8,10H,9H2,1-2H3. The Balaban J connectivity index is 1.72. The number of hydrogen-bond donors (Lipinski definition) is 0. The molecular formula is C18H15FN4O. The summed E-state index contributed by atoms with van der Waals surface area (Å²) in [4.78, 5) is 8.99. The Morgan fingerprint density at radius 1 is 1.12 bits per heavy atom. The molecule has 5 nitrogen and oxygen atoms in total. The minimum absolute atomic E-state index is 0.239. The first-order valence-electron chi connectivity index (χ1n) is 7.60. The molecule has 0 spiro atoms. The van der Waals surface area contributed by atoms with Crippen molar-refractivity contribution >= 4 is 11.2 Å². The average Bonchev–Trinajstić information content (AvgIpc) is 3.12. The second-order valence-corrected chi connectivity index (χ2v) is 5.76. The van der Waals surface area contributed by atoms with Gasteiger partial charge in [0.1, 0.15) is 17.1 Å². The number of nitrogens with zero attached hydrogens (tertiary/aromatic N) is 4. The molecule has 120 valence electrons. The zero-order valence-electron chi connectivity index (χ0n) is 13.3. The lowest BCUT2D eigenvalue weighted by Gasteiger charge is -2.05. The molecule has 0 unspecified atom stereocenters. The maximum atomic E-state index is 13.0. The van der Waals surface area contributed by atoms with Crippen molar-refractivity contribution in [3.63, 3.8) is 0 Å². The van der Waals surface area contributed by atoms with Crippen LogP contribution in [0.2, 0.25) is 0 Å². The summed E-state index contributed by atoms with van der Waals surface area (Å²) in [6.07, 6.45) is 3.55. The van der Waals surface area contributed by atoms with Crippen molar-refractivity contribution in [1.82, 2.24) is 19.7 Å². The number of fused-ring (bicyclic) bond motifs is 1. The lowest BCUT2D eigenvalue weighted by molar-refractivity contribution is 0.393. The fourth-order valence-corrected chi connectivity index (χ4v) is 2.88. The highest BCUT2D eigenvalue weighted by Gasteiger charge is 2.14. The monoisotopic (exact) mass is 322 g/mol. The van der Waals surface area contributed by atoms with E-state index in [1.807, 2.05) is 24.5 Å². The van der Waals surface area contributed by atoms with Gasteiger partial charge in [0.25, 0.3) is 0 Å². The van der Waals surface area contributed by atoms with E-state index >= 15 is 0 Å². The molecule has 4 rings (SSSR count). The topological polar surface area (TPSA) is 56.7 Å². The fraction of sp³-hybridized carbons (Fsp3) is 0.167. The van der Waals surface area contributed by atoms with E-state index in [0.717, 1.165) is 39.3 Å². The van der Waals surface area contributed by atoms with Crippen LogP contribution in [0.25, 0.3) is 22.3 Å². The molecule has 0 saturated heterocycles. The molecule has 0 amide bonds. The Labute approximate surface area is 137 Å². The van der Waals surface area contributed by atoms with Crippen molar-refractivity contribution in [2.45, 2.75) is 20.4 Å². The van der Waals surface area contributed by atoms with Gasteiger partial charge in [0.05, 0.1) is 18.6 Å². The van der Waals surface area contributed by atoms with Gasteiger partial charge in [0, 0.05) is 17.3 Å². The van der Waals surface area contributed by atoms with Gasteiger partial charge in [-0.05, 0) is 37.6 Å². The van der Waals surface area contributed by atoms with E-state index in [1.165, 1.54) is 12.1 Å². The quantitative estimate of drug-likeness (QED) is 0.574. The molecule has 24 heavy (non-hydrogen) atoms. The summed E-state index contributed by atoms with van der Waals surface area (Å²) in [5.74, 6) is 0.524. The molecule has 0 aliphatic rings. The molecule has 0 radical (unpaired) electrons. The Morgan fingerprint density at radius 3 is 2.62 bits per heavy atom. The van der Waals surface area contributed by atoms with Crippen LogP contribution in [-0.4, -0.2) is 19.7 Å².